The number of thioether (sulfide) groups is 1. The third-order valence-electron chi connectivity index (χ3n) is 4.49. The molecule has 1 aromatic rings. The van der Waals surface area contributed by atoms with Gasteiger partial charge in [-0.1, -0.05) is 18.2 Å². The zero-order valence-electron chi connectivity index (χ0n) is 13.6. The molecule has 3 rings (SSSR count). The van der Waals surface area contributed by atoms with E-state index in [4.69, 9.17) is 4.74 Å². The molecule has 0 aromatic heterocycles. The van der Waals surface area contributed by atoms with E-state index in [9.17, 15) is 4.79 Å². The highest BCUT2D eigenvalue weighted by Crippen LogP contribution is 2.35. The van der Waals surface area contributed by atoms with Gasteiger partial charge in [0.25, 0.3) is 0 Å². The molecule has 1 aromatic carbocycles. The van der Waals surface area contributed by atoms with Gasteiger partial charge in [-0.3, -0.25) is 4.90 Å². The van der Waals surface area contributed by atoms with Gasteiger partial charge in [-0.2, -0.15) is 0 Å². The highest BCUT2D eigenvalue weighted by molar-refractivity contribution is 7.99. The number of morpholine rings is 1. The Morgan fingerprint density at radius 2 is 2.17 bits per heavy atom. The number of benzene rings is 1. The number of nitrogens with one attached hydrogen (secondary N) is 2. The van der Waals surface area contributed by atoms with Crippen molar-refractivity contribution in [2.24, 2.45) is 0 Å². The van der Waals surface area contributed by atoms with Gasteiger partial charge in [0.1, 0.15) is 0 Å². The van der Waals surface area contributed by atoms with Crippen LogP contribution in [0.5, 0.6) is 0 Å². The standard InChI is InChI=1S/C17H25N3O2S/c1-13(20-7-9-22-10-8-20)12-18-17(21)19-15-6-11-23-16-5-3-2-4-14(15)16/h2-5,13,15H,6-12H2,1H3,(H2,18,19,21)/t13-,15+/m1/s1. The van der Waals surface area contributed by atoms with Crippen LogP contribution in [0.1, 0.15) is 24.9 Å². The van der Waals surface area contributed by atoms with E-state index in [1.54, 1.807) is 0 Å². The van der Waals surface area contributed by atoms with E-state index in [1.165, 1.54) is 10.5 Å². The second-order valence-corrected chi connectivity index (χ2v) is 7.22. The molecule has 2 aliphatic rings. The van der Waals surface area contributed by atoms with Crippen molar-refractivity contribution in [2.75, 3.05) is 38.6 Å². The van der Waals surface area contributed by atoms with Gasteiger partial charge in [0, 0.05) is 36.3 Å². The van der Waals surface area contributed by atoms with Crippen molar-refractivity contribution < 1.29 is 9.53 Å². The first-order valence-electron chi connectivity index (χ1n) is 8.32. The summed E-state index contributed by atoms with van der Waals surface area (Å²) in [6, 6.07) is 8.72. The fourth-order valence-electron chi connectivity index (χ4n) is 3.09. The van der Waals surface area contributed by atoms with E-state index < -0.39 is 0 Å². The maximum Gasteiger partial charge on any atom is 0.315 e. The molecule has 2 N–H and O–H groups in total. The number of carbonyl (C=O) groups excluding carboxylic acids is 1. The second-order valence-electron chi connectivity index (χ2n) is 6.08. The van der Waals surface area contributed by atoms with E-state index in [0.717, 1.165) is 38.5 Å². The van der Waals surface area contributed by atoms with Crippen LogP contribution in [-0.2, 0) is 4.74 Å². The van der Waals surface area contributed by atoms with E-state index in [2.05, 4.69) is 40.7 Å². The Kier molecular flexibility index (Phi) is 5.80. The zero-order chi connectivity index (χ0) is 16.1. The summed E-state index contributed by atoms with van der Waals surface area (Å²) in [5.74, 6) is 1.05. The predicted molar refractivity (Wildman–Crippen MR) is 92.9 cm³/mol. The lowest BCUT2D eigenvalue weighted by atomic mass is 10.0. The van der Waals surface area contributed by atoms with E-state index in [-0.39, 0.29) is 12.1 Å². The number of carbonyl (C=O) groups is 1. The summed E-state index contributed by atoms with van der Waals surface area (Å²) in [6.07, 6.45) is 0.980. The topological polar surface area (TPSA) is 53.6 Å². The highest BCUT2D eigenvalue weighted by Gasteiger charge is 2.22. The fraction of sp³-hybridized carbons (Fsp3) is 0.588. The van der Waals surface area contributed by atoms with Crippen molar-refractivity contribution in [3.63, 3.8) is 0 Å². The normalized spacial score (nSPS) is 22.9. The molecule has 2 aliphatic heterocycles. The van der Waals surface area contributed by atoms with E-state index in [1.807, 2.05) is 17.8 Å². The first-order valence-corrected chi connectivity index (χ1v) is 9.30. The van der Waals surface area contributed by atoms with Crippen LogP contribution in [0, 0.1) is 0 Å². The maximum atomic E-state index is 12.2. The van der Waals surface area contributed by atoms with Crippen molar-refractivity contribution in [1.82, 2.24) is 15.5 Å². The molecule has 0 bridgehead atoms. The van der Waals surface area contributed by atoms with Crippen LogP contribution in [0.25, 0.3) is 0 Å². The molecular formula is C17H25N3O2S. The summed E-state index contributed by atoms with van der Waals surface area (Å²) in [4.78, 5) is 15.9. The van der Waals surface area contributed by atoms with Crippen LogP contribution in [0.4, 0.5) is 4.79 Å². The monoisotopic (exact) mass is 335 g/mol. The number of rotatable bonds is 4. The molecule has 0 spiro atoms. The van der Waals surface area contributed by atoms with Crippen molar-refractivity contribution >= 4 is 17.8 Å². The SMILES string of the molecule is C[C@H](CNC(=O)N[C@H]1CCSc2ccccc21)N1CCOCC1. The summed E-state index contributed by atoms with van der Waals surface area (Å²) in [7, 11) is 0. The Morgan fingerprint density at radius 1 is 1.39 bits per heavy atom. The summed E-state index contributed by atoms with van der Waals surface area (Å²) in [5.41, 5.74) is 1.24. The van der Waals surface area contributed by atoms with Crippen LogP contribution < -0.4 is 10.6 Å². The Hall–Kier alpha value is -1.24. The number of hydrogen-bond donors (Lipinski definition) is 2. The number of ether oxygens (including phenoxy) is 1. The molecule has 2 atom stereocenters. The van der Waals surface area contributed by atoms with Gasteiger partial charge >= 0.3 is 6.03 Å². The largest absolute Gasteiger partial charge is 0.379 e. The van der Waals surface area contributed by atoms with Crippen molar-refractivity contribution in [3.8, 4) is 0 Å². The number of hydrogen-bond acceptors (Lipinski definition) is 4. The van der Waals surface area contributed by atoms with Crippen molar-refractivity contribution in [1.29, 1.82) is 0 Å². The number of fused-ring (bicyclic) bond motifs is 1. The van der Waals surface area contributed by atoms with Gasteiger partial charge in [0.15, 0.2) is 0 Å². The lowest BCUT2D eigenvalue weighted by molar-refractivity contribution is 0.0209. The van der Waals surface area contributed by atoms with Crippen LogP contribution >= 0.6 is 11.8 Å². The average molecular weight is 335 g/mol. The minimum Gasteiger partial charge on any atom is -0.379 e. The molecule has 126 valence electrons. The lowest BCUT2D eigenvalue weighted by Gasteiger charge is -2.32. The molecule has 1 saturated heterocycles. The van der Waals surface area contributed by atoms with E-state index >= 15 is 0 Å². The summed E-state index contributed by atoms with van der Waals surface area (Å²) >= 11 is 1.87. The zero-order valence-corrected chi connectivity index (χ0v) is 14.4. The van der Waals surface area contributed by atoms with Crippen LogP contribution in [0.2, 0.25) is 0 Å². The molecule has 2 heterocycles. The fourth-order valence-corrected chi connectivity index (χ4v) is 4.21. The number of nitrogens with zero attached hydrogens (tertiary/aromatic N) is 1. The third-order valence-corrected chi connectivity index (χ3v) is 5.61. The quantitative estimate of drug-likeness (QED) is 0.886. The van der Waals surface area contributed by atoms with Gasteiger partial charge in [0.2, 0.25) is 0 Å². The average Bonchev–Trinajstić information content (AvgIpc) is 2.61. The Labute approximate surface area is 142 Å². The van der Waals surface area contributed by atoms with Gasteiger partial charge in [-0.05, 0) is 25.0 Å². The minimum atomic E-state index is -0.0724. The third kappa shape index (κ3) is 4.40. The van der Waals surface area contributed by atoms with Crippen LogP contribution in [0.15, 0.2) is 29.2 Å². The summed E-state index contributed by atoms with van der Waals surface area (Å²) < 4.78 is 5.37. The van der Waals surface area contributed by atoms with Gasteiger partial charge in [-0.25, -0.2) is 4.79 Å². The first-order chi connectivity index (χ1) is 11.2. The Morgan fingerprint density at radius 3 is 3.00 bits per heavy atom. The Bertz CT molecular complexity index is 534. The molecule has 0 saturated carbocycles. The molecule has 0 aliphatic carbocycles. The molecular weight excluding hydrogens is 310 g/mol. The smallest absolute Gasteiger partial charge is 0.315 e. The molecule has 2 amide bonds. The van der Waals surface area contributed by atoms with Crippen molar-refractivity contribution in [3.05, 3.63) is 29.8 Å². The molecule has 1 fully saturated rings. The summed E-state index contributed by atoms with van der Waals surface area (Å²) in [6.45, 7) is 6.27. The van der Waals surface area contributed by atoms with E-state index in [0.29, 0.717) is 12.6 Å². The molecule has 5 nitrogen and oxygen atoms in total. The van der Waals surface area contributed by atoms with Crippen molar-refractivity contribution in [2.45, 2.75) is 30.3 Å². The molecule has 0 radical (unpaired) electrons. The molecule has 6 heteroatoms. The van der Waals surface area contributed by atoms with Gasteiger partial charge in [0.05, 0.1) is 19.3 Å². The number of amides is 2. The maximum absolute atomic E-state index is 12.2. The number of urea groups is 1. The van der Waals surface area contributed by atoms with Crippen LogP contribution in [0.3, 0.4) is 0 Å². The summed E-state index contributed by atoms with van der Waals surface area (Å²) in [5, 5.41) is 6.15. The molecule has 23 heavy (non-hydrogen) atoms. The lowest BCUT2D eigenvalue weighted by Crippen LogP contribution is -2.49. The first kappa shape index (κ1) is 16.6. The van der Waals surface area contributed by atoms with Gasteiger partial charge in [-0.15, -0.1) is 11.8 Å². The second kappa shape index (κ2) is 8.04. The van der Waals surface area contributed by atoms with Gasteiger partial charge < -0.3 is 15.4 Å². The Balaban J connectivity index is 1.48. The van der Waals surface area contributed by atoms with Crippen LogP contribution in [-0.4, -0.2) is 55.6 Å². The molecule has 0 unspecified atom stereocenters. The minimum absolute atomic E-state index is 0.0724. The highest BCUT2D eigenvalue weighted by atomic mass is 32.2. The predicted octanol–water partition coefficient (Wildman–Crippen LogP) is 2.24.